The summed E-state index contributed by atoms with van der Waals surface area (Å²) in [5.41, 5.74) is 1.38. The number of nitro groups is 1. The number of hydrogen-bond donors (Lipinski definition) is 0. The van der Waals surface area contributed by atoms with Crippen LogP contribution in [0, 0.1) is 17.0 Å². The number of fused-ring (bicyclic) bond motifs is 1. The summed E-state index contributed by atoms with van der Waals surface area (Å²) in [6.45, 7) is 1.75. The summed E-state index contributed by atoms with van der Waals surface area (Å²) in [4.78, 5) is 29.1. The maximum Gasteiger partial charge on any atom is 0.322 e. The third-order valence-electron chi connectivity index (χ3n) is 3.74. The molecule has 0 aliphatic heterocycles. The van der Waals surface area contributed by atoms with Gasteiger partial charge >= 0.3 is 5.69 Å². The van der Waals surface area contributed by atoms with Crippen molar-refractivity contribution in [2.24, 2.45) is 7.05 Å². The molecule has 0 atom stereocenters. The molecule has 0 aliphatic rings. The molecular weight excluding hydrogens is 312 g/mol. The Kier molecular flexibility index (Phi) is 3.76. The number of carbonyl (C=O) groups excluding carboxylic acids is 1. The van der Waals surface area contributed by atoms with Crippen molar-refractivity contribution in [2.75, 3.05) is 7.05 Å². The standard InChI is InChI=1S/C15H16N6O3/c1-10-13(21(23)24)14(19(3)17-10)15(22)18(2)8-11-9-20-7-5-4-6-12(20)16-11/h4-7,9H,8H2,1-3H3. The van der Waals surface area contributed by atoms with E-state index in [1.165, 1.54) is 23.6 Å². The quantitative estimate of drug-likeness (QED) is 0.534. The molecule has 0 aliphatic carbocycles. The van der Waals surface area contributed by atoms with E-state index in [2.05, 4.69) is 10.1 Å². The molecule has 0 bridgehead atoms. The number of pyridine rings is 1. The predicted molar refractivity (Wildman–Crippen MR) is 85.6 cm³/mol. The minimum absolute atomic E-state index is 0.0382. The second-order valence-electron chi connectivity index (χ2n) is 5.52. The molecule has 3 aromatic rings. The van der Waals surface area contributed by atoms with Crippen LogP contribution >= 0.6 is 0 Å². The zero-order valence-electron chi connectivity index (χ0n) is 13.5. The van der Waals surface area contributed by atoms with Gasteiger partial charge in [0.1, 0.15) is 11.3 Å². The Morgan fingerprint density at radius 3 is 2.83 bits per heavy atom. The van der Waals surface area contributed by atoms with E-state index in [0.717, 1.165) is 5.65 Å². The SMILES string of the molecule is Cc1nn(C)c(C(=O)N(C)Cc2cn3ccccc3n2)c1[N+](=O)[O-]. The van der Waals surface area contributed by atoms with E-state index >= 15 is 0 Å². The molecule has 0 saturated carbocycles. The fourth-order valence-electron chi connectivity index (χ4n) is 2.66. The van der Waals surface area contributed by atoms with Gasteiger partial charge in [0.2, 0.25) is 5.69 Å². The lowest BCUT2D eigenvalue weighted by Crippen LogP contribution is -2.28. The van der Waals surface area contributed by atoms with E-state index in [4.69, 9.17) is 0 Å². The summed E-state index contributed by atoms with van der Waals surface area (Å²) in [6.07, 6.45) is 3.69. The molecule has 124 valence electrons. The lowest BCUT2D eigenvalue weighted by Gasteiger charge is -2.15. The second-order valence-corrected chi connectivity index (χ2v) is 5.52. The Balaban J connectivity index is 1.89. The third-order valence-corrected chi connectivity index (χ3v) is 3.74. The molecule has 3 aromatic heterocycles. The van der Waals surface area contributed by atoms with Gasteiger partial charge in [-0.3, -0.25) is 19.6 Å². The summed E-state index contributed by atoms with van der Waals surface area (Å²) in [6, 6.07) is 5.62. The molecule has 9 heteroatoms. The Morgan fingerprint density at radius 1 is 1.42 bits per heavy atom. The Hall–Kier alpha value is -3.23. The fourth-order valence-corrected chi connectivity index (χ4v) is 2.66. The van der Waals surface area contributed by atoms with Gasteiger partial charge in [-0.05, 0) is 19.1 Å². The van der Waals surface area contributed by atoms with Crippen molar-refractivity contribution in [3.05, 3.63) is 57.8 Å². The van der Waals surface area contributed by atoms with Gasteiger partial charge in [-0.1, -0.05) is 6.07 Å². The van der Waals surface area contributed by atoms with Gasteiger partial charge in [-0.25, -0.2) is 4.98 Å². The molecule has 0 aromatic carbocycles. The molecule has 0 radical (unpaired) electrons. The number of nitrogens with zero attached hydrogens (tertiary/aromatic N) is 6. The average molecular weight is 328 g/mol. The van der Waals surface area contributed by atoms with Gasteiger partial charge in [-0.2, -0.15) is 5.10 Å². The first-order valence-electron chi connectivity index (χ1n) is 7.24. The van der Waals surface area contributed by atoms with Crippen LogP contribution in [0.25, 0.3) is 5.65 Å². The normalized spacial score (nSPS) is 11.0. The van der Waals surface area contributed by atoms with E-state index in [9.17, 15) is 14.9 Å². The Morgan fingerprint density at radius 2 is 2.17 bits per heavy atom. The summed E-state index contributed by atoms with van der Waals surface area (Å²) >= 11 is 0. The largest absolute Gasteiger partial charge is 0.334 e. The molecule has 0 fully saturated rings. The summed E-state index contributed by atoms with van der Waals surface area (Å²) in [5.74, 6) is -0.471. The van der Waals surface area contributed by atoms with Crippen LogP contribution in [0.4, 0.5) is 5.69 Å². The van der Waals surface area contributed by atoms with Crippen LogP contribution in [-0.4, -0.2) is 41.9 Å². The highest BCUT2D eigenvalue weighted by molar-refractivity contribution is 5.96. The van der Waals surface area contributed by atoms with E-state index in [1.54, 1.807) is 7.05 Å². The number of hydrogen-bond acceptors (Lipinski definition) is 5. The van der Waals surface area contributed by atoms with Crippen LogP contribution < -0.4 is 0 Å². The van der Waals surface area contributed by atoms with Crippen LogP contribution in [0.2, 0.25) is 0 Å². The topological polar surface area (TPSA) is 98.6 Å². The van der Waals surface area contributed by atoms with E-state index < -0.39 is 10.8 Å². The zero-order valence-corrected chi connectivity index (χ0v) is 13.5. The molecule has 3 rings (SSSR count). The van der Waals surface area contributed by atoms with E-state index in [-0.39, 0.29) is 23.6 Å². The van der Waals surface area contributed by atoms with Gasteiger partial charge in [0.25, 0.3) is 5.91 Å². The highest BCUT2D eigenvalue weighted by Crippen LogP contribution is 2.23. The van der Waals surface area contributed by atoms with Crippen molar-refractivity contribution in [1.82, 2.24) is 24.1 Å². The predicted octanol–water partition coefficient (Wildman–Crippen LogP) is 1.56. The van der Waals surface area contributed by atoms with Crippen molar-refractivity contribution in [2.45, 2.75) is 13.5 Å². The highest BCUT2D eigenvalue weighted by atomic mass is 16.6. The lowest BCUT2D eigenvalue weighted by atomic mass is 10.2. The van der Waals surface area contributed by atoms with Crippen LogP contribution in [0.15, 0.2) is 30.6 Å². The molecule has 24 heavy (non-hydrogen) atoms. The maximum absolute atomic E-state index is 12.6. The van der Waals surface area contributed by atoms with Crippen LogP contribution in [-0.2, 0) is 13.6 Å². The number of imidazole rings is 1. The van der Waals surface area contributed by atoms with E-state index in [0.29, 0.717) is 5.69 Å². The first-order valence-corrected chi connectivity index (χ1v) is 7.24. The first kappa shape index (κ1) is 15.7. The number of amides is 1. The number of aryl methyl sites for hydroxylation is 2. The van der Waals surface area contributed by atoms with Crippen LogP contribution in [0.1, 0.15) is 21.9 Å². The average Bonchev–Trinajstić information content (AvgIpc) is 3.05. The van der Waals surface area contributed by atoms with E-state index in [1.807, 2.05) is 35.0 Å². The lowest BCUT2D eigenvalue weighted by molar-refractivity contribution is -0.385. The summed E-state index contributed by atoms with van der Waals surface area (Å²) < 4.78 is 3.10. The van der Waals surface area contributed by atoms with Gasteiger partial charge in [0, 0.05) is 26.5 Å². The van der Waals surface area contributed by atoms with Crippen molar-refractivity contribution in [3.8, 4) is 0 Å². The second kappa shape index (κ2) is 5.76. The molecule has 0 saturated heterocycles. The van der Waals surface area contributed by atoms with Crippen molar-refractivity contribution in [3.63, 3.8) is 0 Å². The van der Waals surface area contributed by atoms with Crippen LogP contribution in [0.3, 0.4) is 0 Å². The minimum atomic E-state index is -0.575. The van der Waals surface area contributed by atoms with Crippen molar-refractivity contribution < 1.29 is 9.72 Å². The number of rotatable bonds is 4. The number of aromatic nitrogens is 4. The van der Waals surface area contributed by atoms with Gasteiger partial charge in [0.05, 0.1) is 17.2 Å². The molecule has 3 heterocycles. The minimum Gasteiger partial charge on any atom is -0.334 e. The zero-order chi connectivity index (χ0) is 17.4. The first-order chi connectivity index (χ1) is 11.4. The van der Waals surface area contributed by atoms with Crippen LogP contribution in [0.5, 0.6) is 0 Å². The molecule has 0 spiro atoms. The molecule has 9 nitrogen and oxygen atoms in total. The third kappa shape index (κ3) is 2.60. The van der Waals surface area contributed by atoms with Gasteiger partial charge < -0.3 is 9.30 Å². The molecular formula is C15H16N6O3. The molecule has 0 unspecified atom stereocenters. The Labute approximate surface area is 137 Å². The van der Waals surface area contributed by atoms with Gasteiger partial charge in [-0.15, -0.1) is 0 Å². The maximum atomic E-state index is 12.6. The fraction of sp³-hybridized carbons (Fsp3) is 0.267. The monoisotopic (exact) mass is 328 g/mol. The van der Waals surface area contributed by atoms with Crippen molar-refractivity contribution >= 4 is 17.2 Å². The molecule has 0 N–H and O–H groups in total. The number of carbonyl (C=O) groups is 1. The summed E-state index contributed by atoms with van der Waals surface area (Å²) in [7, 11) is 3.10. The molecule has 1 amide bonds. The highest BCUT2D eigenvalue weighted by Gasteiger charge is 2.31. The van der Waals surface area contributed by atoms with Gasteiger partial charge in [0.15, 0.2) is 0 Å². The summed E-state index contributed by atoms with van der Waals surface area (Å²) in [5, 5.41) is 15.2. The Bertz CT molecular complexity index is 909. The van der Waals surface area contributed by atoms with Crippen molar-refractivity contribution in [1.29, 1.82) is 0 Å². The smallest absolute Gasteiger partial charge is 0.322 e.